The van der Waals surface area contributed by atoms with Gasteiger partial charge in [-0.25, -0.2) is 0 Å². The Morgan fingerprint density at radius 3 is 2.67 bits per heavy atom. The zero-order valence-corrected chi connectivity index (χ0v) is 11.4. The van der Waals surface area contributed by atoms with Gasteiger partial charge in [-0.3, -0.25) is 0 Å². The Bertz CT molecular complexity index is 383. The molecular weight excluding hydrogens is 218 g/mol. The van der Waals surface area contributed by atoms with Crippen LogP contribution in [0.15, 0.2) is 35.3 Å². The first-order chi connectivity index (χ1) is 8.86. The first-order valence-corrected chi connectivity index (χ1v) is 6.79. The van der Waals surface area contributed by atoms with E-state index in [-0.39, 0.29) is 0 Å². The van der Waals surface area contributed by atoms with Crippen molar-refractivity contribution in [3.8, 4) is 11.8 Å². The van der Waals surface area contributed by atoms with Crippen molar-refractivity contribution in [1.82, 2.24) is 0 Å². The summed E-state index contributed by atoms with van der Waals surface area (Å²) in [4.78, 5) is 4.01. The molecule has 0 bridgehead atoms. The van der Waals surface area contributed by atoms with Gasteiger partial charge in [-0.05, 0) is 24.6 Å². The van der Waals surface area contributed by atoms with Gasteiger partial charge in [0.2, 0.25) is 0 Å². The first kappa shape index (κ1) is 14.5. The van der Waals surface area contributed by atoms with E-state index in [0.717, 1.165) is 19.4 Å². The van der Waals surface area contributed by atoms with Crippen LogP contribution in [0.25, 0.3) is 0 Å². The van der Waals surface area contributed by atoms with Crippen LogP contribution in [0.3, 0.4) is 0 Å². The molecule has 0 aliphatic rings. The van der Waals surface area contributed by atoms with E-state index in [1.54, 1.807) is 0 Å². The lowest BCUT2D eigenvalue weighted by Crippen LogP contribution is -2.03. The lowest BCUT2D eigenvalue weighted by Gasteiger charge is -2.09. The van der Waals surface area contributed by atoms with Crippen LogP contribution in [-0.4, -0.2) is 13.3 Å². The molecule has 0 N–H and O–H groups in total. The van der Waals surface area contributed by atoms with Gasteiger partial charge in [-0.15, -0.1) is 5.92 Å². The lowest BCUT2D eigenvalue weighted by atomic mass is 9.99. The molecule has 1 aromatic carbocycles. The quantitative estimate of drug-likeness (QED) is 0.503. The molecule has 96 valence electrons. The molecule has 1 atom stereocenters. The average Bonchev–Trinajstić information content (AvgIpc) is 2.42. The van der Waals surface area contributed by atoms with Gasteiger partial charge in [-0.2, -0.15) is 0 Å². The predicted octanol–water partition coefficient (Wildman–Crippen LogP) is 4.13. The normalized spacial score (nSPS) is 11.4. The Morgan fingerprint density at radius 2 is 2.00 bits per heavy atom. The SMILES string of the molecule is C=NCC(CC#CCc1ccccc1)CCCC. The van der Waals surface area contributed by atoms with Crippen molar-refractivity contribution in [1.29, 1.82) is 0 Å². The number of hydrogen-bond acceptors (Lipinski definition) is 1. The van der Waals surface area contributed by atoms with Crippen LogP contribution in [0.1, 0.15) is 38.2 Å². The minimum absolute atomic E-state index is 0.589. The van der Waals surface area contributed by atoms with E-state index < -0.39 is 0 Å². The molecule has 0 aliphatic carbocycles. The molecule has 0 aromatic heterocycles. The molecule has 0 aliphatic heterocycles. The van der Waals surface area contributed by atoms with E-state index in [9.17, 15) is 0 Å². The molecule has 0 spiro atoms. The van der Waals surface area contributed by atoms with Crippen LogP contribution in [-0.2, 0) is 6.42 Å². The first-order valence-electron chi connectivity index (χ1n) is 6.79. The van der Waals surface area contributed by atoms with Crippen LogP contribution >= 0.6 is 0 Å². The molecule has 1 heteroatoms. The van der Waals surface area contributed by atoms with Gasteiger partial charge in [0.05, 0.1) is 0 Å². The molecule has 0 amide bonds. The average molecular weight is 241 g/mol. The van der Waals surface area contributed by atoms with Crippen molar-refractivity contribution in [2.45, 2.75) is 39.0 Å². The number of aliphatic imine (C=N–C) groups is 1. The maximum Gasteiger partial charge on any atom is 0.0419 e. The number of rotatable bonds is 7. The van der Waals surface area contributed by atoms with Crippen molar-refractivity contribution in [3.63, 3.8) is 0 Å². The van der Waals surface area contributed by atoms with E-state index in [4.69, 9.17) is 0 Å². The monoisotopic (exact) mass is 241 g/mol. The van der Waals surface area contributed by atoms with E-state index in [1.165, 1.54) is 24.8 Å². The van der Waals surface area contributed by atoms with E-state index >= 15 is 0 Å². The van der Waals surface area contributed by atoms with E-state index in [2.05, 4.69) is 54.7 Å². The van der Waals surface area contributed by atoms with Crippen LogP contribution in [0.5, 0.6) is 0 Å². The van der Waals surface area contributed by atoms with Gasteiger partial charge in [0.25, 0.3) is 0 Å². The third-order valence-electron chi connectivity index (χ3n) is 3.00. The minimum Gasteiger partial charge on any atom is -0.301 e. The van der Waals surface area contributed by atoms with Crippen molar-refractivity contribution >= 4 is 6.72 Å². The maximum absolute atomic E-state index is 4.01. The number of unbranched alkanes of at least 4 members (excludes halogenated alkanes) is 1. The number of hydrogen-bond donors (Lipinski definition) is 0. The molecule has 0 radical (unpaired) electrons. The molecule has 0 heterocycles. The fourth-order valence-electron chi connectivity index (χ4n) is 1.91. The van der Waals surface area contributed by atoms with Crippen molar-refractivity contribution in [2.75, 3.05) is 6.54 Å². The molecule has 18 heavy (non-hydrogen) atoms. The Kier molecular flexibility index (Phi) is 7.64. The second kappa shape index (κ2) is 9.48. The highest BCUT2D eigenvalue weighted by molar-refractivity contribution is 5.23. The highest BCUT2D eigenvalue weighted by atomic mass is 14.7. The standard InChI is InChI=1S/C17H23N/c1-3-4-10-17(15-18-2)14-9-8-13-16-11-6-5-7-12-16/h5-7,11-12,17H,2-4,10,13-15H2,1H3. The highest BCUT2D eigenvalue weighted by Gasteiger charge is 2.04. The predicted molar refractivity (Wildman–Crippen MR) is 80.0 cm³/mol. The van der Waals surface area contributed by atoms with Gasteiger partial charge >= 0.3 is 0 Å². The summed E-state index contributed by atoms with van der Waals surface area (Å²) in [5.74, 6) is 7.13. The smallest absolute Gasteiger partial charge is 0.0419 e. The maximum atomic E-state index is 4.01. The summed E-state index contributed by atoms with van der Waals surface area (Å²) in [6.07, 6.45) is 5.52. The molecule has 0 saturated carbocycles. The second-order valence-electron chi connectivity index (χ2n) is 4.63. The van der Waals surface area contributed by atoms with E-state index in [1.807, 2.05) is 6.07 Å². The summed E-state index contributed by atoms with van der Waals surface area (Å²) in [5, 5.41) is 0. The third-order valence-corrected chi connectivity index (χ3v) is 3.00. The van der Waals surface area contributed by atoms with Crippen molar-refractivity contribution < 1.29 is 0 Å². The van der Waals surface area contributed by atoms with Crippen LogP contribution in [0, 0.1) is 17.8 Å². The topological polar surface area (TPSA) is 12.4 Å². The molecule has 1 nitrogen and oxygen atoms in total. The van der Waals surface area contributed by atoms with Gasteiger partial charge in [0, 0.05) is 19.4 Å². The highest BCUT2D eigenvalue weighted by Crippen LogP contribution is 2.12. The molecule has 0 fully saturated rings. The van der Waals surface area contributed by atoms with Crippen LogP contribution in [0.2, 0.25) is 0 Å². The van der Waals surface area contributed by atoms with Gasteiger partial charge < -0.3 is 4.99 Å². The van der Waals surface area contributed by atoms with Gasteiger partial charge in [0.15, 0.2) is 0 Å². The summed E-state index contributed by atoms with van der Waals surface area (Å²) in [6, 6.07) is 10.4. The van der Waals surface area contributed by atoms with Crippen LogP contribution in [0.4, 0.5) is 0 Å². The zero-order valence-electron chi connectivity index (χ0n) is 11.4. The summed E-state index contributed by atoms with van der Waals surface area (Å²) in [6.45, 7) is 6.66. The van der Waals surface area contributed by atoms with Gasteiger partial charge in [0.1, 0.15) is 0 Å². The molecule has 0 saturated heterocycles. The summed E-state index contributed by atoms with van der Waals surface area (Å²) < 4.78 is 0. The molecule has 1 rings (SSSR count). The Morgan fingerprint density at radius 1 is 1.22 bits per heavy atom. The van der Waals surface area contributed by atoms with Crippen molar-refractivity contribution in [3.05, 3.63) is 35.9 Å². The summed E-state index contributed by atoms with van der Waals surface area (Å²) >= 11 is 0. The van der Waals surface area contributed by atoms with Gasteiger partial charge in [-0.1, -0.05) is 56.0 Å². The number of benzene rings is 1. The number of nitrogens with zero attached hydrogens (tertiary/aromatic N) is 1. The Hall–Kier alpha value is -1.55. The zero-order chi connectivity index (χ0) is 13.1. The van der Waals surface area contributed by atoms with Crippen LogP contribution < -0.4 is 0 Å². The molecule has 1 unspecified atom stereocenters. The fourth-order valence-corrected chi connectivity index (χ4v) is 1.91. The lowest BCUT2D eigenvalue weighted by molar-refractivity contribution is 0.488. The summed E-state index contributed by atoms with van der Waals surface area (Å²) in [7, 11) is 0. The fraction of sp³-hybridized carbons (Fsp3) is 0.471. The largest absolute Gasteiger partial charge is 0.301 e. The molecular formula is C17H23N. The Balaban J connectivity index is 2.35. The minimum atomic E-state index is 0.589. The second-order valence-corrected chi connectivity index (χ2v) is 4.63. The Labute approximate surface area is 111 Å². The van der Waals surface area contributed by atoms with Crippen molar-refractivity contribution in [2.24, 2.45) is 10.9 Å². The molecule has 1 aromatic rings. The van der Waals surface area contributed by atoms with E-state index in [0.29, 0.717) is 5.92 Å². The summed E-state index contributed by atoms with van der Waals surface area (Å²) in [5.41, 5.74) is 1.29. The third kappa shape index (κ3) is 6.25.